The van der Waals surface area contributed by atoms with Gasteiger partial charge in [0.2, 0.25) is 5.91 Å². The molecule has 0 spiro atoms. The normalized spacial score (nSPS) is 19.5. The molecule has 0 aliphatic heterocycles. The highest BCUT2D eigenvalue weighted by Crippen LogP contribution is 2.25. The predicted octanol–water partition coefficient (Wildman–Crippen LogP) is 1.27. The Balaban J connectivity index is 1.76. The molecule has 2 aliphatic carbocycles. The number of nitrogens with two attached hydrogens (primary N) is 2. The lowest BCUT2D eigenvalue weighted by Gasteiger charge is -2.19. The van der Waals surface area contributed by atoms with Crippen molar-refractivity contribution in [1.82, 2.24) is 5.32 Å². The largest absolute Gasteiger partial charge is 0.501 e. The minimum absolute atomic E-state index is 0.0177. The van der Waals surface area contributed by atoms with Gasteiger partial charge in [-0.25, -0.2) is 4.79 Å². The number of ether oxygens (including phenoxy) is 3. The summed E-state index contributed by atoms with van der Waals surface area (Å²) in [5.41, 5.74) is 13.5. The number of carbonyl (C=O) groups is 2. The van der Waals surface area contributed by atoms with Crippen LogP contribution in [0.2, 0.25) is 0 Å². The van der Waals surface area contributed by atoms with E-state index in [0.29, 0.717) is 30.0 Å². The van der Waals surface area contributed by atoms with Crippen LogP contribution in [0.3, 0.4) is 0 Å². The summed E-state index contributed by atoms with van der Waals surface area (Å²) in [5, 5.41) is 2.79. The third-order valence-corrected chi connectivity index (χ3v) is 4.27. The van der Waals surface area contributed by atoms with Gasteiger partial charge in [0.1, 0.15) is 12.4 Å². The molecule has 0 aromatic carbocycles. The van der Waals surface area contributed by atoms with Crippen molar-refractivity contribution in [3.05, 3.63) is 58.9 Å². The Labute approximate surface area is 164 Å². The SMILES string of the molecule is COC1=CC(OC)=C(/C=C/C(=O)OCCC(=O)NC2C=C(N)C=C(N)C2)CC1. The Hall–Kier alpha value is -3.16. The maximum Gasteiger partial charge on any atom is 0.330 e. The van der Waals surface area contributed by atoms with Crippen LogP contribution in [0.25, 0.3) is 0 Å². The fourth-order valence-electron chi connectivity index (χ4n) is 2.91. The van der Waals surface area contributed by atoms with Crippen LogP contribution in [0.1, 0.15) is 25.7 Å². The molecule has 0 saturated heterocycles. The molecule has 1 unspecified atom stereocenters. The zero-order chi connectivity index (χ0) is 20.5. The molecule has 2 aliphatic rings. The highest BCUT2D eigenvalue weighted by Gasteiger charge is 2.16. The van der Waals surface area contributed by atoms with Gasteiger partial charge in [0.15, 0.2) is 0 Å². The highest BCUT2D eigenvalue weighted by atomic mass is 16.5. The molecule has 1 amide bonds. The lowest BCUT2D eigenvalue weighted by atomic mass is 10.0. The van der Waals surface area contributed by atoms with Gasteiger partial charge in [-0.1, -0.05) is 0 Å². The van der Waals surface area contributed by atoms with Crippen LogP contribution >= 0.6 is 0 Å². The quantitative estimate of drug-likeness (QED) is 0.422. The Kier molecular flexibility index (Phi) is 7.74. The third-order valence-electron chi connectivity index (χ3n) is 4.27. The van der Waals surface area contributed by atoms with E-state index in [2.05, 4.69) is 5.32 Å². The van der Waals surface area contributed by atoms with Gasteiger partial charge in [0.25, 0.3) is 0 Å². The summed E-state index contributed by atoms with van der Waals surface area (Å²) in [5.74, 6) is 0.717. The van der Waals surface area contributed by atoms with Crippen LogP contribution in [0.5, 0.6) is 0 Å². The summed E-state index contributed by atoms with van der Waals surface area (Å²) in [6, 6.07) is -0.246. The fourth-order valence-corrected chi connectivity index (χ4v) is 2.91. The topological polar surface area (TPSA) is 126 Å². The first-order chi connectivity index (χ1) is 13.4. The Morgan fingerprint density at radius 3 is 2.68 bits per heavy atom. The zero-order valence-electron chi connectivity index (χ0n) is 16.2. The van der Waals surface area contributed by atoms with E-state index in [1.165, 1.54) is 6.08 Å². The summed E-state index contributed by atoms with van der Waals surface area (Å²) in [6.45, 7) is -0.0177. The van der Waals surface area contributed by atoms with E-state index in [4.69, 9.17) is 25.7 Å². The molecule has 0 fully saturated rings. The Bertz CT molecular complexity index is 762. The molecule has 0 heterocycles. The number of amides is 1. The molecule has 0 aromatic heterocycles. The van der Waals surface area contributed by atoms with E-state index in [1.54, 1.807) is 38.5 Å². The summed E-state index contributed by atoms with van der Waals surface area (Å²) in [6.07, 6.45) is 10.2. The van der Waals surface area contributed by atoms with Gasteiger partial charge in [0, 0.05) is 36.4 Å². The van der Waals surface area contributed by atoms with E-state index < -0.39 is 5.97 Å². The van der Waals surface area contributed by atoms with Crippen LogP contribution in [0, 0.1) is 0 Å². The summed E-state index contributed by atoms with van der Waals surface area (Å²) in [7, 11) is 3.17. The monoisotopic (exact) mass is 389 g/mol. The van der Waals surface area contributed by atoms with E-state index in [9.17, 15) is 9.59 Å². The van der Waals surface area contributed by atoms with Crippen molar-refractivity contribution in [1.29, 1.82) is 0 Å². The Morgan fingerprint density at radius 2 is 2.00 bits per heavy atom. The van der Waals surface area contributed by atoms with Crippen LogP contribution in [-0.2, 0) is 23.8 Å². The number of esters is 1. The van der Waals surface area contributed by atoms with Gasteiger partial charge in [-0.05, 0) is 30.2 Å². The zero-order valence-corrected chi connectivity index (χ0v) is 16.2. The molecular weight excluding hydrogens is 362 g/mol. The van der Waals surface area contributed by atoms with Crippen LogP contribution in [0.15, 0.2) is 58.9 Å². The number of hydrogen-bond acceptors (Lipinski definition) is 7. The first-order valence-electron chi connectivity index (χ1n) is 9.00. The van der Waals surface area contributed by atoms with E-state index in [0.717, 1.165) is 17.8 Å². The number of nitrogens with one attached hydrogen (secondary N) is 1. The maximum absolute atomic E-state index is 12.0. The van der Waals surface area contributed by atoms with Crippen LogP contribution < -0.4 is 16.8 Å². The third kappa shape index (κ3) is 6.53. The highest BCUT2D eigenvalue weighted by molar-refractivity contribution is 5.83. The first kappa shape index (κ1) is 21.1. The number of carbonyl (C=O) groups excluding carboxylic acids is 2. The van der Waals surface area contributed by atoms with Crippen molar-refractivity contribution in [3.8, 4) is 0 Å². The number of allylic oxidation sites excluding steroid dienone is 5. The Morgan fingerprint density at radius 1 is 1.21 bits per heavy atom. The van der Waals surface area contributed by atoms with Gasteiger partial charge >= 0.3 is 5.97 Å². The second-order valence-corrected chi connectivity index (χ2v) is 6.42. The summed E-state index contributed by atoms with van der Waals surface area (Å²) < 4.78 is 15.6. The lowest BCUT2D eigenvalue weighted by molar-refractivity contribution is -0.138. The summed E-state index contributed by atoms with van der Waals surface area (Å²) >= 11 is 0. The van der Waals surface area contributed by atoms with Crippen molar-refractivity contribution in [2.45, 2.75) is 31.7 Å². The molecule has 0 radical (unpaired) electrons. The maximum atomic E-state index is 12.0. The van der Waals surface area contributed by atoms with Crippen molar-refractivity contribution < 1.29 is 23.8 Å². The minimum Gasteiger partial charge on any atom is -0.501 e. The molecule has 8 nitrogen and oxygen atoms in total. The van der Waals surface area contributed by atoms with Crippen molar-refractivity contribution in [3.63, 3.8) is 0 Å². The average molecular weight is 389 g/mol. The van der Waals surface area contributed by atoms with Gasteiger partial charge < -0.3 is 31.0 Å². The number of hydrogen-bond donors (Lipinski definition) is 3. The molecule has 5 N–H and O–H groups in total. The molecule has 152 valence electrons. The molecule has 0 aromatic rings. The molecular formula is C20H27N3O5. The smallest absolute Gasteiger partial charge is 0.330 e. The molecule has 2 rings (SSSR count). The molecule has 0 saturated carbocycles. The number of rotatable bonds is 8. The fraction of sp³-hybridized carbons (Fsp3) is 0.400. The van der Waals surface area contributed by atoms with Gasteiger partial charge in [-0.3, -0.25) is 4.79 Å². The molecule has 1 atom stereocenters. The molecule has 0 bridgehead atoms. The average Bonchev–Trinajstić information content (AvgIpc) is 2.65. The molecule has 8 heteroatoms. The van der Waals surface area contributed by atoms with E-state index in [-0.39, 0.29) is 25.0 Å². The second kappa shape index (κ2) is 10.2. The second-order valence-electron chi connectivity index (χ2n) is 6.42. The minimum atomic E-state index is -0.522. The van der Waals surface area contributed by atoms with Gasteiger partial charge in [-0.2, -0.15) is 0 Å². The van der Waals surface area contributed by atoms with Crippen molar-refractivity contribution in [2.75, 3.05) is 20.8 Å². The first-order valence-corrected chi connectivity index (χ1v) is 9.00. The van der Waals surface area contributed by atoms with E-state index in [1.807, 2.05) is 0 Å². The summed E-state index contributed by atoms with van der Waals surface area (Å²) in [4.78, 5) is 23.8. The molecule has 28 heavy (non-hydrogen) atoms. The van der Waals surface area contributed by atoms with Gasteiger partial charge in [0.05, 0.1) is 32.4 Å². The van der Waals surface area contributed by atoms with Gasteiger partial charge in [-0.15, -0.1) is 0 Å². The number of methoxy groups -OCH3 is 2. The van der Waals surface area contributed by atoms with Crippen molar-refractivity contribution >= 4 is 11.9 Å². The predicted molar refractivity (Wildman–Crippen MR) is 104 cm³/mol. The van der Waals surface area contributed by atoms with Crippen LogP contribution in [0.4, 0.5) is 0 Å². The van der Waals surface area contributed by atoms with Crippen molar-refractivity contribution in [2.24, 2.45) is 11.5 Å². The standard InChI is InChI=1S/C20H27N3O5/c1-26-17-5-3-13(18(12-17)27-2)4-6-20(25)28-8-7-19(24)23-16-10-14(21)9-15(22)11-16/h4,6,9-10,12,16H,3,5,7-8,11,21-22H2,1-2H3,(H,23,24)/b6-4+. The van der Waals surface area contributed by atoms with E-state index >= 15 is 0 Å². The lowest BCUT2D eigenvalue weighted by Crippen LogP contribution is -2.37. The van der Waals surface area contributed by atoms with Crippen LogP contribution in [-0.4, -0.2) is 38.7 Å².